The molecule has 1 N–H and O–H groups in total. The Morgan fingerprint density at radius 2 is 1.91 bits per heavy atom. The molecule has 0 radical (unpaired) electrons. The van der Waals surface area contributed by atoms with Crippen molar-refractivity contribution in [2.75, 3.05) is 11.9 Å². The largest absolute Gasteiger partial charge is 0.322 e. The van der Waals surface area contributed by atoms with E-state index in [0.29, 0.717) is 13.0 Å². The lowest BCUT2D eigenvalue weighted by atomic mass is 9.94. The highest BCUT2D eigenvalue weighted by Crippen LogP contribution is 2.41. The monoisotopic (exact) mass is 292 g/mol. The molecule has 1 aliphatic heterocycles. The molecule has 0 bridgehead atoms. The van der Waals surface area contributed by atoms with E-state index >= 15 is 0 Å². The van der Waals surface area contributed by atoms with E-state index in [2.05, 4.69) is 11.4 Å². The number of carbonyl (C=O) groups excluding carboxylic acids is 2. The van der Waals surface area contributed by atoms with Gasteiger partial charge in [-0.05, 0) is 29.7 Å². The van der Waals surface area contributed by atoms with E-state index < -0.39 is 0 Å². The van der Waals surface area contributed by atoms with E-state index in [9.17, 15) is 9.59 Å². The average molecular weight is 292 g/mol. The number of anilines is 1. The molecule has 0 spiro atoms. The van der Waals surface area contributed by atoms with E-state index in [-0.39, 0.29) is 17.9 Å². The van der Waals surface area contributed by atoms with E-state index in [1.54, 1.807) is 4.90 Å². The van der Waals surface area contributed by atoms with Crippen LogP contribution in [0.5, 0.6) is 0 Å². The van der Waals surface area contributed by atoms with Crippen LogP contribution in [-0.4, -0.2) is 23.3 Å². The van der Waals surface area contributed by atoms with Gasteiger partial charge in [0, 0.05) is 24.2 Å². The highest BCUT2D eigenvalue weighted by atomic mass is 16.2. The number of rotatable bonds is 1. The summed E-state index contributed by atoms with van der Waals surface area (Å²) in [7, 11) is 0. The summed E-state index contributed by atoms with van der Waals surface area (Å²) in [5.74, 6) is 0.140. The molecule has 2 amide bonds. The number of ketones is 1. The van der Waals surface area contributed by atoms with Crippen LogP contribution in [0.25, 0.3) is 0 Å². The molecule has 1 heterocycles. The fourth-order valence-electron chi connectivity index (χ4n) is 3.48. The molecular weight excluding hydrogens is 276 g/mol. The average Bonchev–Trinajstić information content (AvgIpc) is 2.87. The second-order valence-corrected chi connectivity index (χ2v) is 5.76. The number of Topliss-reactive ketones (excluding diaryl/α,β-unsaturated/α-hetero) is 1. The topological polar surface area (TPSA) is 49.4 Å². The molecule has 110 valence electrons. The van der Waals surface area contributed by atoms with Gasteiger partial charge in [0.2, 0.25) is 0 Å². The number of para-hydroxylation sites is 1. The van der Waals surface area contributed by atoms with Crippen LogP contribution in [0.3, 0.4) is 0 Å². The molecule has 1 atom stereocenters. The molecule has 0 aromatic heterocycles. The number of nitrogens with one attached hydrogen (secondary N) is 1. The maximum absolute atomic E-state index is 12.6. The van der Waals surface area contributed by atoms with Crippen molar-refractivity contribution in [3.05, 3.63) is 65.2 Å². The first-order valence-corrected chi connectivity index (χ1v) is 7.52. The Balaban J connectivity index is 1.63. The molecule has 0 unspecified atom stereocenters. The van der Waals surface area contributed by atoms with Gasteiger partial charge in [0.1, 0.15) is 0 Å². The third kappa shape index (κ3) is 1.99. The van der Waals surface area contributed by atoms with Gasteiger partial charge >= 0.3 is 6.03 Å². The van der Waals surface area contributed by atoms with Crippen LogP contribution in [0.2, 0.25) is 0 Å². The second-order valence-electron chi connectivity index (χ2n) is 5.76. The number of hydrogen-bond acceptors (Lipinski definition) is 2. The Bertz CT molecular complexity index is 755. The fourth-order valence-corrected chi connectivity index (χ4v) is 3.48. The van der Waals surface area contributed by atoms with Gasteiger partial charge in [-0.15, -0.1) is 0 Å². The lowest BCUT2D eigenvalue weighted by Crippen LogP contribution is -2.41. The summed E-state index contributed by atoms with van der Waals surface area (Å²) in [4.78, 5) is 26.6. The minimum Gasteiger partial charge on any atom is -0.317 e. The van der Waals surface area contributed by atoms with Gasteiger partial charge < -0.3 is 10.2 Å². The first-order valence-electron chi connectivity index (χ1n) is 7.52. The van der Waals surface area contributed by atoms with Crippen LogP contribution in [-0.2, 0) is 6.42 Å². The Morgan fingerprint density at radius 3 is 2.73 bits per heavy atom. The van der Waals surface area contributed by atoms with Crippen molar-refractivity contribution >= 4 is 17.5 Å². The maximum atomic E-state index is 12.6. The van der Waals surface area contributed by atoms with Gasteiger partial charge in [-0.25, -0.2) is 4.79 Å². The van der Waals surface area contributed by atoms with Crippen LogP contribution in [0, 0.1) is 0 Å². The minimum atomic E-state index is -0.133. The van der Waals surface area contributed by atoms with Crippen molar-refractivity contribution in [3.8, 4) is 0 Å². The third-order valence-corrected chi connectivity index (χ3v) is 4.49. The minimum absolute atomic E-state index is 0.115. The summed E-state index contributed by atoms with van der Waals surface area (Å²) in [5.41, 5.74) is 3.83. The summed E-state index contributed by atoms with van der Waals surface area (Å²) in [6.45, 7) is 0.646. The normalized spacial score (nSPS) is 19.0. The molecule has 4 rings (SSSR count). The van der Waals surface area contributed by atoms with Gasteiger partial charge in [0.25, 0.3) is 0 Å². The molecule has 0 saturated heterocycles. The first kappa shape index (κ1) is 13.1. The molecule has 0 saturated carbocycles. The summed E-state index contributed by atoms with van der Waals surface area (Å²) in [5, 5.41) is 2.92. The van der Waals surface area contributed by atoms with E-state index in [4.69, 9.17) is 0 Å². The van der Waals surface area contributed by atoms with Crippen LogP contribution >= 0.6 is 0 Å². The second kappa shape index (κ2) is 4.98. The van der Waals surface area contributed by atoms with Crippen LogP contribution in [0.15, 0.2) is 48.5 Å². The van der Waals surface area contributed by atoms with Crippen molar-refractivity contribution in [2.45, 2.75) is 18.9 Å². The number of nitrogens with zero attached hydrogens (tertiary/aromatic N) is 1. The zero-order valence-corrected chi connectivity index (χ0v) is 12.1. The van der Waals surface area contributed by atoms with Crippen molar-refractivity contribution < 1.29 is 9.59 Å². The summed E-state index contributed by atoms with van der Waals surface area (Å²) in [6.07, 6.45) is 1.20. The van der Waals surface area contributed by atoms with Gasteiger partial charge in [0.15, 0.2) is 5.78 Å². The fraction of sp³-hybridized carbons (Fsp3) is 0.222. The quantitative estimate of drug-likeness (QED) is 0.875. The standard InChI is InChI=1S/C18H16N2O2/c21-16-11-15-17-12(5-4-8-14(16)17)9-10-20(15)18(22)19-13-6-2-1-3-7-13/h1-8,15H,9-11H2,(H,19,22)/t15-/m0/s1. The van der Waals surface area contributed by atoms with Crippen LogP contribution < -0.4 is 5.32 Å². The van der Waals surface area contributed by atoms with E-state index in [1.165, 1.54) is 5.56 Å². The number of benzene rings is 2. The lowest BCUT2D eigenvalue weighted by molar-refractivity contribution is 0.0966. The third-order valence-electron chi connectivity index (χ3n) is 4.49. The number of hydrogen-bond donors (Lipinski definition) is 1. The molecule has 0 fully saturated rings. The number of carbonyl (C=O) groups is 2. The molecule has 22 heavy (non-hydrogen) atoms. The SMILES string of the molecule is O=C1C[C@H]2c3c(cccc31)CCN2C(=O)Nc1ccccc1. The van der Waals surface area contributed by atoms with Crippen molar-refractivity contribution in [2.24, 2.45) is 0 Å². The predicted molar refractivity (Wildman–Crippen MR) is 84.0 cm³/mol. The highest BCUT2D eigenvalue weighted by molar-refractivity contribution is 6.02. The smallest absolute Gasteiger partial charge is 0.317 e. The van der Waals surface area contributed by atoms with Crippen LogP contribution in [0.1, 0.15) is 33.9 Å². The molecule has 4 nitrogen and oxygen atoms in total. The highest BCUT2D eigenvalue weighted by Gasteiger charge is 2.39. The Hall–Kier alpha value is -2.62. The Labute approximate surface area is 128 Å². The molecule has 2 aromatic carbocycles. The van der Waals surface area contributed by atoms with Crippen molar-refractivity contribution in [3.63, 3.8) is 0 Å². The van der Waals surface area contributed by atoms with Gasteiger partial charge in [-0.2, -0.15) is 0 Å². The maximum Gasteiger partial charge on any atom is 0.322 e. The van der Waals surface area contributed by atoms with Gasteiger partial charge in [-0.1, -0.05) is 36.4 Å². The number of urea groups is 1. The predicted octanol–water partition coefficient (Wildman–Crippen LogP) is 3.40. The van der Waals surface area contributed by atoms with E-state index in [0.717, 1.165) is 23.2 Å². The zero-order chi connectivity index (χ0) is 15.1. The van der Waals surface area contributed by atoms with Gasteiger partial charge in [-0.3, -0.25) is 4.79 Å². The molecule has 2 aliphatic rings. The summed E-state index contributed by atoms with van der Waals surface area (Å²) in [6, 6.07) is 15.0. The first-order chi connectivity index (χ1) is 10.7. The summed E-state index contributed by atoms with van der Waals surface area (Å²) < 4.78 is 0. The zero-order valence-electron chi connectivity index (χ0n) is 12.1. The van der Waals surface area contributed by atoms with Crippen LogP contribution in [0.4, 0.5) is 10.5 Å². The lowest BCUT2D eigenvalue weighted by Gasteiger charge is -2.34. The molecular formula is C18H16N2O2. The van der Waals surface area contributed by atoms with Crippen molar-refractivity contribution in [1.29, 1.82) is 0 Å². The van der Waals surface area contributed by atoms with E-state index in [1.807, 2.05) is 42.5 Å². The molecule has 4 heteroatoms. The molecule has 2 aromatic rings. The number of amides is 2. The molecule has 1 aliphatic carbocycles. The Kier molecular flexibility index (Phi) is 2.96. The van der Waals surface area contributed by atoms with Crippen molar-refractivity contribution in [1.82, 2.24) is 4.90 Å². The summed E-state index contributed by atoms with van der Waals surface area (Å²) >= 11 is 0. The van der Waals surface area contributed by atoms with Gasteiger partial charge in [0.05, 0.1) is 6.04 Å². The Morgan fingerprint density at radius 1 is 1.09 bits per heavy atom.